The van der Waals surface area contributed by atoms with Crippen LogP contribution in [0.3, 0.4) is 0 Å². The van der Waals surface area contributed by atoms with E-state index in [-0.39, 0.29) is 41.2 Å². The van der Waals surface area contributed by atoms with E-state index in [0.717, 1.165) is 6.26 Å². The average molecular weight is 330 g/mol. The normalized spacial score (nSPS) is 11.9. The molecule has 8 heteroatoms. The Morgan fingerprint density at radius 1 is 1.53 bits per heavy atom. The zero-order valence-corrected chi connectivity index (χ0v) is 12.5. The van der Waals surface area contributed by atoms with Gasteiger partial charge in [0.15, 0.2) is 9.84 Å². The van der Waals surface area contributed by atoms with E-state index in [1.165, 1.54) is 24.3 Å². The van der Waals surface area contributed by atoms with E-state index < -0.39 is 15.7 Å². The number of rotatable bonds is 5. The van der Waals surface area contributed by atoms with Gasteiger partial charge >= 0.3 is 0 Å². The minimum Gasteiger partial charge on any atom is -0.485 e. The van der Waals surface area contributed by atoms with Crippen LogP contribution in [-0.4, -0.2) is 27.8 Å². The Kier molecular flexibility index (Phi) is 7.36. The molecule has 0 aromatic heterocycles. The van der Waals surface area contributed by atoms with Crippen LogP contribution in [0.4, 0.5) is 4.39 Å². The first kappa shape index (κ1) is 18.2. The minimum atomic E-state index is -3.32. The van der Waals surface area contributed by atoms with Crippen molar-refractivity contribution in [2.45, 2.75) is 4.90 Å². The van der Waals surface area contributed by atoms with Crippen molar-refractivity contribution in [3.63, 3.8) is 0 Å². The molecule has 19 heavy (non-hydrogen) atoms. The molecule has 0 saturated heterocycles. The summed E-state index contributed by atoms with van der Waals surface area (Å²) in [6, 6.07) is 3.99. The second-order valence-electron chi connectivity index (χ2n) is 3.54. The molecular weight excluding hydrogens is 316 g/mol. The highest BCUT2D eigenvalue weighted by molar-refractivity contribution is 7.90. The lowest BCUT2D eigenvalue weighted by Crippen LogP contribution is -2.03. The Balaban J connectivity index is 0.00000324. The Bertz CT molecular complexity index is 561. The van der Waals surface area contributed by atoms with Gasteiger partial charge in [0.25, 0.3) is 0 Å². The molecular formula is C11H14Cl2FNO3S. The highest BCUT2D eigenvalue weighted by atomic mass is 35.5. The molecule has 0 spiro atoms. The SMILES string of the molecule is CS(=O)(=O)c1ccc(OCC(F)=CCN)c(Cl)c1.Cl. The molecule has 1 aromatic rings. The van der Waals surface area contributed by atoms with Gasteiger partial charge in [-0.1, -0.05) is 11.6 Å². The van der Waals surface area contributed by atoms with Gasteiger partial charge in [0.05, 0.1) is 9.92 Å². The van der Waals surface area contributed by atoms with Crippen molar-refractivity contribution in [1.29, 1.82) is 0 Å². The van der Waals surface area contributed by atoms with Crippen LogP contribution in [0.5, 0.6) is 5.75 Å². The number of nitrogens with two attached hydrogens (primary N) is 1. The molecule has 4 nitrogen and oxygen atoms in total. The predicted molar refractivity (Wildman–Crippen MR) is 75.6 cm³/mol. The maximum atomic E-state index is 13.0. The topological polar surface area (TPSA) is 69.4 Å². The van der Waals surface area contributed by atoms with E-state index in [4.69, 9.17) is 22.1 Å². The molecule has 0 heterocycles. The molecule has 0 radical (unpaired) electrons. The fourth-order valence-electron chi connectivity index (χ4n) is 1.16. The van der Waals surface area contributed by atoms with E-state index in [1.54, 1.807) is 0 Å². The molecule has 1 rings (SSSR count). The lowest BCUT2D eigenvalue weighted by molar-refractivity contribution is 0.318. The smallest absolute Gasteiger partial charge is 0.175 e. The maximum Gasteiger partial charge on any atom is 0.175 e. The van der Waals surface area contributed by atoms with Crippen molar-refractivity contribution in [1.82, 2.24) is 0 Å². The van der Waals surface area contributed by atoms with E-state index in [9.17, 15) is 12.8 Å². The molecule has 0 saturated carbocycles. The number of hydrogen-bond acceptors (Lipinski definition) is 4. The number of halogens is 3. The van der Waals surface area contributed by atoms with Gasteiger partial charge in [-0.3, -0.25) is 0 Å². The first-order chi connectivity index (χ1) is 8.34. The average Bonchev–Trinajstić information content (AvgIpc) is 2.26. The highest BCUT2D eigenvalue weighted by Crippen LogP contribution is 2.27. The van der Waals surface area contributed by atoms with Gasteiger partial charge in [-0.2, -0.15) is 0 Å². The molecule has 0 aliphatic carbocycles. The zero-order valence-electron chi connectivity index (χ0n) is 10.1. The van der Waals surface area contributed by atoms with Crippen molar-refractivity contribution >= 4 is 33.8 Å². The Morgan fingerprint density at radius 3 is 2.63 bits per heavy atom. The summed E-state index contributed by atoms with van der Waals surface area (Å²) in [5, 5.41) is 0.110. The Morgan fingerprint density at radius 2 is 2.16 bits per heavy atom. The summed E-state index contributed by atoms with van der Waals surface area (Å²) in [4.78, 5) is 0.0813. The van der Waals surface area contributed by atoms with Crippen molar-refractivity contribution < 1.29 is 17.5 Å². The van der Waals surface area contributed by atoms with Crippen LogP contribution < -0.4 is 10.5 Å². The van der Waals surface area contributed by atoms with E-state index >= 15 is 0 Å². The second kappa shape index (κ2) is 7.69. The van der Waals surface area contributed by atoms with Gasteiger partial charge < -0.3 is 10.5 Å². The van der Waals surface area contributed by atoms with Gasteiger partial charge in [0.2, 0.25) is 0 Å². The first-order valence-corrected chi connectivity index (χ1v) is 7.28. The third kappa shape index (κ3) is 5.78. The van der Waals surface area contributed by atoms with Crippen LogP contribution in [-0.2, 0) is 9.84 Å². The molecule has 0 unspecified atom stereocenters. The molecule has 0 amide bonds. The third-order valence-electron chi connectivity index (χ3n) is 2.04. The van der Waals surface area contributed by atoms with Crippen LogP contribution in [0.15, 0.2) is 35.0 Å². The van der Waals surface area contributed by atoms with Crippen LogP contribution in [0.25, 0.3) is 0 Å². The van der Waals surface area contributed by atoms with Crippen LogP contribution in [0.2, 0.25) is 5.02 Å². The fraction of sp³-hybridized carbons (Fsp3) is 0.273. The maximum absolute atomic E-state index is 13.0. The number of sulfone groups is 1. The summed E-state index contributed by atoms with van der Waals surface area (Å²) in [6.45, 7) is -0.217. The lowest BCUT2D eigenvalue weighted by Gasteiger charge is -2.08. The van der Waals surface area contributed by atoms with Crippen molar-refractivity contribution in [3.05, 3.63) is 35.1 Å². The van der Waals surface area contributed by atoms with Gasteiger partial charge in [-0.25, -0.2) is 12.8 Å². The lowest BCUT2D eigenvalue weighted by atomic mass is 10.3. The highest BCUT2D eigenvalue weighted by Gasteiger charge is 2.11. The van der Waals surface area contributed by atoms with Crippen LogP contribution >= 0.6 is 24.0 Å². The molecule has 0 fully saturated rings. The van der Waals surface area contributed by atoms with Crippen LogP contribution in [0.1, 0.15) is 0 Å². The molecule has 0 atom stereocenters. The van der Waals surface area contributed by atoms with Gasteiger partial charge in [0.1, 0.15) is 18.2 Å². The van der Waals surface area contributed by atoms with E-state index in [2.05, 4.69) is 0 Å². The first-order valence-electron chi connectivity index (χ1n) is 5.01. The monoisotopic (exact) mass is 329 g/mol. The summed E-state index contributed by atoms with van der Waals surface area (Å²) < 4.78 is 40.6. The van der Waals surface area contributed by atoms with Crippen LogP contribution in [0, 0.1) is 0 Å². The van der Waals surface area contributed by atoms with Gasteiger partial charge in [-0.05, 0) is 24.3 Å². The summed E-state index contributed by atoms with van der Waals surface area (Å²) in [6.07, 6.45) is 2.25. The van der Waals surface area contributed by atoms with E-state index in [1.807, 2.05) is 0 Å². The van der Waals surface area contributed by atoms with Gasteiger partial charge in [-0.15, -0.1) is 12.4 Å². The second-order valence-corrected chi connectivity index (χ2v) is 5.96. The standard InChI is InChI=1S/C11H13ClFNO3S.ClH/c1-18(15,16)9-2-3-11(10(12)6-9)17-7-8(13)4-5-14;/h2-4,6H,5,7,14H2,1H3;1H. The molecule has 0 bridgehead atoms. The molecule has 0 aliphatic heterocycles. The number of ether oxygens (including phenoxy) is 1. The van der Waals surface area contributed by atoms with Gasteiger partial charge in [0, 0.05) is 12.8 Å². The summed E-state index contributed by atoms with van der Waals surface area (Å²) in [7, 11) is -3.32. The Labute approximate surface area is 122 Å². The number of hydrogen-bond donors (Lipinski definition) is 1. The van der Waals surface area contributed by atoms with Crippen molar-refractivity contribution in [2.75, 3.05) is 19.4 Å². The van der Waals surface area contributed by atoms with Crippen molar-refractivity contribution in [3.8, 4) is 5.75 Å². The number of benzene rings is 1. The Hall–Kier alpha value is -0.820. The van der Waals surface area contributed by atoms with E-state index in [0.29, 0.717) is 0 Å². The molecule has 108 valence electrons. The molecule has 1 aromatic carbocycles. The van der Waals surface area contributed by atoms with Crippen molar-refractivity contribution in [2.24, 2.45) is 5.73 Å². The third-order valence-corrected chi connectivity index (χ3v) is 3.44. The molecule has 2 N–H and O–H groups in total. The largest absolute Gasteiger partial charge is 0.485 e. The summed E-state index contributed by atoms with van der Waals surface area (Å²) in [5.41, 5.74) is 5.13. The zero-order chi connectivity index (χ0) is 13.8. The summed E-state index contributed by atoms with van der Waals surface area (Å²) in [5.74, 6) is -0.301. The summed E-state index contributed by atoms with van der Waals surface area (Å²) >= 11 is 5.84. The predicted octanol–water partition coefficient (Wildman–Crippen LogP) is 2.36. The quantitative estimate of drug-likeness (QED) is 0.900. The fourth-order valence-corrected chi connectivity index (χ4v) is 2.11. The molecule has 0 aliphatic rings. The minimum absolute atomic E-state index is 0.